The Morgan fingerprint density at radius 2 is 2.03 bits per heavy atom. The zero-order valence-corrected chi connectivity index (χ0v) is 16.8. The smallest absolute Gasteiger partial charge is 0.341 e. The summed E-state index contributed by atoms with van der Waals surface area (Å²) in [6.07, 6.45) is 2.09. The Morgan fingerprint density at radius 1 is 1.28 bits per heavy atom. The number of pyridine rings is 1. The van der Waals surface area contributed by atoms with Crippen LogP contribution in [0.25, 0.3) is 11.3 Å². The van der Waals surface area contributed by atoms with Gasteiger partial charge in [0, 0.05) is 30.2 Å². The van der Waals surface area contributed by atoms with Crippen LogP contribution in [0.4, 0.5) is 0 Å². The largest absolute Gasteiger partial charge is 0.477 e. The van der Waals surface area contributed by atoms with Crippen LogP contribution < -0.4 is 10.2 Å². The van der Waals surface area contributed by atoms with Crippen molar-refractivity contribution in [3.63, 3.8) is 0 Å². The van der Waals surface area contributed by atoms with E-state index in [2.05, 4.69) is 5.16 Å². The highest BCUT2D eigenvalue weighted by Gasteiger charge is 2.29. The number of aromatic carboxylic acids is 1. The maximum Gasteiger partial charge on any atom is 0.341 e. The molecule has 0 spiro atoms. The topological polar surface area (TPSA) is 94.6 Å². The molecule has 1 saturated carbocycles. The van der Waals surface area contributed by atoms with Crippen LogP contribution in [0.2, 0.25) is 10.0 Å². The van der Waals surface area contributed by atoms with Gasteiger partial charge in [-0.3, -0.25) is 4.79 Å². The summed E-state index contributed by atoms with van der Waals surface area (Å²) < 4.78 is 12.7. The van der Waals surface area contributed by atoms with Gasteiger partial charge in [-0.1, -0.05) is 29.3 Å². The van der Waals surface area contributed by atoms with E-state index in [9.17, 15) is 14.7 Å². The number of aromatic nitrogens is 2. The molecule has 0 atom stereocenters. The number of carboxylic acids is 1. The third kappa shape index (κ3) is 3.75. The van der Waals surface area contributed by atoms with Gasteiger partial charge in [-0.25, -0.2) is 4.79 Å². The molecule has 2 heterocycles. The van der Waals surface area contributed by atoms with Gasteiger partial charge in [-0.05, 0) is 37.1 Å². The van der Waals surface area contributed by atoms with Gasteiger partial charge in [-0.15, -0.1) is 0 Å². The van der Waals surface area contributed by atoms with E-state index in [-0.39, 0.29) is 28.0 Å². The zero-order valence-electron chi connectivity index (χ0n) is 15.3. The lowest BCUT2D eigenvalue weighted by Gasteiger charge is -2.19. The number of carboxylic acid groups (broad SMARTS) is 1. The molecule has 7 nitrogen and oxygen atoms in total. The fourth-order valence-corrected chi connectivity index (χ4v) is 3.46. The summed E-state index contributed by atoms with van der Waals surface area (Å²) in [4.78, 5) is 24.5. The summed E-state index contributed by atoms with van der Waals surface area (Å²) in [5.41, 5.74) is -0.465. The van der Waals surface area contributed by atoms with Gasteiger partial charge in [0.15, 0.2) is 0 Å². The molecule has 3 aromatic rings. The van der Waals surface area contributed by atoms with Gasteiger partial charge in [-0.2, -0.15) is 0 Å². The minimum Gasteiger partial charge on any atom is -0.477 e. The Labute approximate surface area is 175 Å². The van der Waals surface area contributed by atoms with Crippen LogP contribution in [-0.2, 0) is 6.54 Å². The van der Waals surface area contributed by atoms with Crippen LogP contribution in [-0.4, -0.2) is 20.8 Å². The Bertz CT molecular complexity index is 1160. The molecular weight excluding hydrogens is 419 g/mol. The number of benzene rings is 1. The first-order valence-electron chi connectivity index (χ1n) is 9.00. The monoisotopic (exact) mass is 434 g/mol. The normalized spacial score (nSPS) is 13.5. The summed E-state index contributed by atoms with van der Waals surface area (Å²) >= 11 is 12.1. The van der Waals surface area contributed by atoms with Gasteiger partial charge >= 0.3 is 5.97 Å². The number of rotatable bonds is 6. The van der Waals surface area contributed by atoms with Crippen LogP contribution >= 0.6 is 23.2 Å². The van der Waals surface area contributed by atoms with Crippen molar-refractivity contribution < 1.29 is 19.2 Å². The highest BCUT2D eigenvalue weighted by Crippen LogP contribution is 2.41. The van der Waals surface area contributed by atoms with Crippen molar-refractivity contribution in [3.8, 4) is 23.0 Å². The molecule has 4 rings (SSSR count). The molecule has 9 heteroatoms. The van der Waals surface area contributed by atoms with E-state index in [1.807, 2.05) is 6.92 Å². The van der Waals surface area contributed by atoms with E-state index in [0.717, 1.165) is 24.7 Å². The minimum atomic E-state index is -1.35. The highest BCUT2D eigenvalue weighted by molar-refractivity contribution is 6.42. The molecule has 1 N–H and O–H groups in total. The lowest BCUT2D eigenvalue weighted by molar-refractivity contribution is 0.0695. The molecule has 1 aliphatic carbocycles. The van der Waals surface area contributed by atoms with E-state index in [1.54, 1.807) is 22.8 Å². The van der Waals surface area contributed by atoms with E-state index < -0.39 is 11.4 Å². The first-order chi connectivity index (χ1) is 13.9. The third-order valence-corrected chi connectivity index (χ3v) is 5.43. The number of ether oxygens (including phenoxy) is 1. The first-order valence-corrected chi connectivity index (χ1v) is 9.75. The van der Waals surface area contributed by atoms with Crippen LogP contribution in [0.15, 0.2) is 39.6 Å². The lowest BCUT2D eigenvalue weighted by Crippen LogP contribution is -2.21. The predicted molar refractivity (Wildman–Crippen MR) is 107 cm³/mol. The second kappa shape index (κ2) is 7.57. The quantitative estimate of drug-likeness (QED) is 0.572. The van der Waals surface area contributed by atoms with Crippen LogP contribution in [0.3, 0.4) is 0 Å². The predicted octanol–water partition coefficient (Wildman–Crippen LogP) is 5.20. The van der Waals surface area contributed by atoms with Gasteiger partial charge in [0.2, 0.25) is 11.3 Å². The number of nitrogens with zero attached hydrogens (tertiary/aromatic N) is 2. The van der Waals surface area contributed by atoms with E-state index >= 15 is 0 Å². The Balaban J connectivity index is 1.87. The molecule has 29 heavy (non-hydrogen) atoms. The van der Waals surface area contributed by atoms with Crippen molar-refractivity contribution in [1.29, 1.82) is 0 Å². The molecule has 1 fully saturated rings. The Hall–Kier alpha value is -2.77. The number of hydrogen-bond acceptors (Lipinski definition) is 5. The third-order valence-electron chi connectivity index (χ3n) is 4.69. The molecule has 0 saturated heterocycles. The summed E-state index contributed by atoms with van der Waals surface area (Å²) in [5.74, 6) is 0.102. The molecule has 2 aromatic heterocycles. The van der Waals surface area contributed by atoms with Crippen molar-refractivity contribution in [3.05, 3.63) is 61.9 Å². The van der Waals surface area contributed by atoms with Crippen molar-refractivity contribution in [2.45, 2.75) is 32.2 Å². The summed E-state index contributed by atoms with van der Waals surface area (Å²) in [7, 11) is 0. The van der Waals surface area contributed by atoms with E-state index in [0.29, 0.717) is 23.0 Å². The van der Waals surface area contributed by atoms with Crippen molar-refractivity contribution in [2.75, 3.05) is 0 Å². The van der Waals surface area contributed by atoms with Gasteiger partial charge < -0.3 is 18.9 Å². The number of halogens is 2. The Kier molecular flexibility index (Phi) is 5.10. The zero-order chi connectivity index (χ0) is 20.7. The Morgan fingerprint density at radius 3 is 2.66 bits per heavy atom. The SMILES string of the molecule is CCn1c(Oc2cc(C3CC3)on2)cc(=O)c(C(=O)O)c1-c1ccc(Cl)c(Cl)c1. The fraction of sp³-hybridized carbons (Fsp3) is 0.250. The average molecular weight is 435 g/mol. The summed E-state index contributed by atoms with van der Waals surface area (Å²) in [6.45, 7) is 2.14. The van der Waals surface area contributed by atoms with Crippen LogP contribution in [0.5, 0.6) is 11.8 Å². The number of carbonyl (C=O) groups is 1. The van der Waals surface area contributed by atoms with Gasteiger partial charge in [0.05, 0.1) is 15.7 Å². The molecule has 0 radical (unpaired) electrons. The standard InChI is InChI=1S/C20H16Cl2N2O5/c1-2-24-17(28-16-9-15(29-23-16)10-3-4-10)8-14(25)18(20(26)27)19(24)11-5-6-12(21)13(22)7-11/h5-10H,2-4H2,1H3,(H,26,27). The maximum atomic E-state index is 12.6. The summed E-state index contributed by atoms with van der Waals surface area (Å²) in [6, 6.07) is 7.49. The highest BCUT2D eigenvalue weighted by atomic mass is 35.5. The van der Waals surface area contributed by atoms with Gasteiger partial charge in [0.1, 0.15) is 11.3 Å². The fourth-order valence-electron chi connectivity index (χ4n) is 3.16. The number of hydrogen-bond donors (Lipinski definition) is 1. The molecule has 1 aromatic carbocycles. The van der Waals surface area contributed by atoms with Crippen LogP contribution in [0.1, 0.15) is 41.8 Å². The second-order valence-electron chi connectivity index (χ2n) is 6.69. The van der Waals surface area contributed by atoms with Crippen molar-refractivity contribution in [1.82, 2.24) is 9.72 Å². The average Bonchev–Trinajstić information content (AvgIpc) is 3.42. The molecular formula is C20H16Cl2N2O5. The second-order valence-corrected chi connectivity index (χ2v) is 7.51. The molecule has 0 bridgehead atoms. The molecule has 0 amide bonds. The first kappa shape index (κ1) is 19.5. The minimum absolute atomic E-state index is 0.152. The lowest BCUT2D eigenvalue weighted by atomic mass is 10.0. The van der Waals surface area contributed by atoms with E-state index in [4.69, 9.17) is 32.5 Å². The van der Waals surface area contributed by atoms with Crippen molar-refractivity contribution >= 4 is 29.2 Å². The van der Waals surface area contributed by atoms with Crippen LogP contribution in [0, 0.1) is 0 Å². The maximum absolute atomic E-state index is 12.6. The van der Waals surface area contributed by atoms with E-state index in [1.165, 1.54) is 6.07 Å². The molecule has 1 aliphatic rings. The summed E-state index contributed by atoms with van der Waals surface area (Å²) in [5, 5.41) is 14.1. The molecule has 0 unspecified atom stereocenters. The van der Waals surface area contributed by atoms with Gasteiger partial charge in [0.25, 0.3) is 5.88 Å². The molecule has 150 valence electrons. The molecule has 0 aliphatic heterocycles. The van der Waals surface area contributed by atoms with Crippen molar-refractivity contribution in [2.24, 2.45) is 0 Å².